The van der Waals surface area contributed by atoms with Crippen LogP contribution in [-0.2, 0) is 4.74 Å². The first-order valence-electron chi connectivity index (χ1n) is 7.54. The lowest BCUT2D eigenvalue weighted by atomic mass is 10.0. The molecule has 1 aromatic rings. The first-order chi connectivity index (χ1) is 9.31. The molecular formula is C16H24N2O. The van der Waals surface area contributed by atoms with Gasteiger partial charge >= 0.3 is 0 Å². The zero-order chi connectivity index (χ0) is 13.1. The Balaban J connectivity index is 1.65. The van der Waals surface area contributed by atoms with E-state index >= 15 is 0 Å². The normalized spacial score (nSPS) is 27.5. The van der Waals surface area contributed by atoms with Crippen LogP contribution in [0.25, 0.3) is 0 Å². The molecular weight excluding hydrogens is 236 g/mol. The molecule has 3 rings (SSSR count). The molecule has 0 amide bonds. The van der Waals surface area contributed by atoms with E-state index in [9.17, 15) is 0 Å². The first kappa shape index (κ1) is 12.8. The smallest absolute Gasteiger partial charge is 0.0566 e. The van der Waals surface area contributed by atoms with Crippen molar-refractivity contribution in [2.45, 2.75) is 44.8 Å². The molecule has 0 saturated carbocycles. The number of benzene rings is 1. The van der Waals surface area contributed by atoms with Gasteiger partial charge in [0.2, 0.25) is 0 Å². The second kappa shape index (κ2) is 5.83. The fourth-order valence-corrected chi connectivity index (χ4v) is 3.13. The molecule has 0 aromatic heterocycles. The van der Waals surface area contributed by atoms with Gasteiger partial charge in [0.25, 0.3) is 0 Å². The summed E-state index contributed by atoms with van der Waals surface area (Å²) in [7, 11) is 0. The van der Waals surface area contributed by atoms with Gasteiger partial charge in [-0.05, 0) is 50.8 Å². The topological polar surface area (TPSA) is 24.5 Å². The number of rotatable bonds is 3. The molecule has 2 fully saturated rings. The summed E-state index contributed by atoms with van der Waals surface area (Å²) in [6.45, 7) is 5.45. The zero-order valence-electron chi connectivity index (χ0n) is 11.8. The molecule has 3 nitrogen and oxygen atoms in total. The molecule has 0 spiro atoms. The van der Waals surface area contributed by atoms with Gasteiger partial charge < -0.3 is 15.0 Å². The molecule has 1 aromatic carbocycles. The fraction of sp³-hybridized carbons (Fsp3) is 0.625. The summed E-state index contributed by atoms with van der Waals surface area (Å²) in [6.07, 6.45) is 5.25. The lowest BCUT2D eigenvalue weighted by molar-refractivity contribution is 0.0232. The Hall–Kier alpha value is -1.22. The second-order valence-electron chi connectivity index (χ2n) is 5.79. The van der Waals surface area contributed by atoms with E-state index in [-0.39, 0.29) is 0 Å². The van der Waals surface area contributed by atoms with Crippen molar-refractivity contribution >= 4 is 11.4 Å². The molecule has 2 heterocycles. The van der Waals surface area contributed by atoms with Crippen LogP contribution in [0.15, 0.2) is 24.3 Å². The minimum Gasteiger partial charge on any atom is -0.382 e. The predicted molar refractivity (Wildman–Crippen MR) is 79.9 cm³/mol. The van der Waals surface area contributed by atoms with Gasteiger partial charge in [0.1, 0.15) is 0 Å². The number of nitrogens with zero attached hydrogens (tertiary/aromatic N) is 1. The quantitative estimate of drug-likeness (QED) is 0.902. The van der Waals surface area contributed by atoms with Gasteiger partial charge in [-0.3, -0.25) is 0 Å². The van der Waals surface area contributed by atoms with Crippen LogP contribution >= 0.6 is 0 Å². The third-order valence-corrected chi connectivity index (χ3v) is 4.17. The summed E-state index contributed by atoms with van der Waals surface area (Å²) in [5, 5.41) is 3.67. The Bertz CT molecular complexity index is 415. The Labute approximate surface area is 115 Å². The van der Waals surface area contributed by atoms with Crippen LogP contribution in [0.5, 0.6) is 0 Å². The van der Waals surface area contributed by atoms with Crippen LogP contribution in [-0.4, -0.2) is 31.8 Å². The van der Waals surface area contributed by atoms with E-state index in [4.69, 9.17) is 4.74 Å². The van der Waals surface area contributed by atoms with Crippen molar-refractivity contribution in [1.29, 1.82) is 0 Å². The highest BCUT2D eigenvalue weighted by Gasteiger charge is 2.19. The zero-order valence-corrected chi connectivity index (χ0v) is 11.8. The summed E-state index contributed by atoms with van der Waals surface area (Å²) >= 11 is 0. The summed E-state index contributed by atoms with van der Waals surface area (Å²) in [5.41, 5.74) is 2.62. The van der Waals surface area contributed by atoms with Crippen LogP contribution in [0.2, 0.25) is 0 Å². The molecule has 2 atom stereocenters. The maximum Gasteiger partial charge on any atom is 0.0566 e. The van der Waals surface area contributed by atoms with Gasteiger partial charge in [-0.1, -0.05) is 6.07 Å². The van der Waals surface area contributed by atoms with Crippen molar-refractivity contribution in [2.75, 3.05) is 29.9 Å². The summed E-state index contributed by atoms with van der Waals surface area (Å²) in [4.78, 5) is 2.48. The van der Waals surface area contributed by atoms with E-state index in [1.54, 1.807) is 0 Å². The van der Waals surface area contributed by atoms with E-state index in [1.807, 2.05) is 0 Å². The molecule has 2 unspecified atom stereocenters. The summed E-state index contributed by atoms with van der Waals surface area (Å²) < 4.78 is 5.60. The minimum absolute atomic E-state index is 0.382. The summed E-state index contributed by atoms with van der Waals surface area (Å²) in [6, 6.07) is 9.42. The average Bonchev–Trinajstić information content (AvgIpc) is 2.93. The third kappa shape index (κ3) is 3.21. The predicted octanol–water partition coefficient (Wildman–Crippen LogP) is 3.27. The lowest BCUT2D eigenvalue weighted by Gasteiger charge is -2.29. The number of ether oxygens (including phenoxy) is 1. The average molecular weight is 260 g/mol. The molecule has 2 saturated heterocycles. The highest BCUT2D eigenvalue weighted by atomic mass is 16.5. The van der Waals surface area contributed by atoms with Gasteiger partial charge in [-0.15, -0.1) is 0 Å². The van der Waals surface area contributed by atoms with E-state index in [2.05, 4.69) is 41.4 Å². The summed E-state index contributed by atoms with van der Waals surface area (Å²) in [5.74, 6) is 0. The van der Waals surface area contributed by atoms with Gasteiger partial charge in [0.15, 0.2) is 0 Å². The van der Waals surface area contributed by atoms with Gasteiger partial charge in [-0.2, -0.15) is 0 Å². The van der Waals surface area contributed by atoms with Gasteiger partial charge in [0, 0.05) is 37.1 Å². The van der Waals surface area contributed by atoms with Crippen molar-refractivity contribution in [3.8, 4) is 0 Å². The third-order valence-electron chi connectivity index (χ3n) is 4.17. The maximum absolute atomic E-state index is 5.60. The van der Waals surface area contributed by atoms with Crippen molar-refractivity contribution in [3.05, 3.63) is 24.3 Å². The van der Waals surface area contributed by atoms with Crippen molar-refractivity contribution in [3.63, 3.8) is 0 Å². The SMILES string of the molecule is CC1CC(Nc2cccc(N3CCCC3)c2)CCO1. The Morgan fingerprint density at radius 2 is 2.11 bits per heavy atom. The second-order valence-corrected chi connectivity index (χ2v) is 5.79. The Morgan fingerprint density at radius 3 is 2.89 bits per heavy atom. The highest BCUT2D eigenvalue weighted by molar-refractivity contribution is 5.58. The van der Waals surface area contributed by atoms with Gasteiger partial charge in [-0.25, -0.2) is 0 Å². The Morgan fingerprint density at radius 1 is 1.26 bits per heavy atom. The molecule has 2 aliphatic rings. The molecule has 2 aliphatic heterocycles. The standard InChI is InChI=1S/C16H24N2O/c1-13-11-15(7-10-19-13)17-14-5-4-6-16(12-14)18-8-2-3-9-18/h4-6,12-13,15,17H,2-3,7-11H2,1H3. The molecule has 0 bridgehead atoms. The van der Waals surface area contributed by atoms with E-state index in [0.717, 1.165) is 19.4 Å². The number of hydrogen-bond acceptors (Lipinski definition) is 3. The van der Waals surface area contributed by atoms with Gasteiger partial charge in [0.05, 0.1) is 6.10 Å². The van der Waals surface area contributed by atoms with Crippen LogP contribution in [0.3, 0.4) is 0 Å². The molecule has 1 N–H and O–H groups in total. The van der Waals surface area contributed by atoms with Crippen LogP contribution in [0, 0.1) is 0 Å². The Kier molecular flexibility index (Phi) is 3.92. The molecule has 0 aliphatic carbocycles. The van der Waals surface area contributed by atoms with E-state index < -0.39 is 0 Å². The molecule has 19 heavy (non-hydrogen) atoms. The largest absolute Gasteiger partial charge is 0.382 e. The lowest BCUT2D eigenvalue weighted by Crippen LogP contribution is -2.32. The van der Waals surface area contributed by atoms with Crippen LogP contribution in [0.1, 0.15) is 32.6 Å². The monoisotopic (exact) mass is 260 g/mol. The number of hydrogen-bond donors (Lipinski definition) is 1. The minimum atomic E-state index is 0.382. The van der Waals surface area contributed by atoms with Crippen LogP contribution < -0.4 is 10.2 Å². The highest BCUT2D eigenvalue weighted by Crippen LogP contribution is 2.25. The van der Waals surface area contributed by atoms with Crippen molar-refractivity contribution in [2.24, 2.45) is 0 Å². The fourth-order valence-electron chi connectivity index (χ4n) is 3.13. The van der Waals surface area contributed by atoms with Crippen molar-refractivity contribution in [1.82, 2.24) is 0 Å². The molecule has 3 heteroatoms. The molecule has 0 radical (unpaired) electrons. The number of nitrogens with one attached hydrogen (secondary N) is 1. The maximum atomic E-state index is 5.60. The van der Waals surface area contributed by atoms with Crippen molar-refractivity contribution < 1.29 is 4.74 Å². The first-order valence-corrected chi connectivity index (χ1v) is 7.54. The number of anilines is 2. The van der Waals surface area contributed by atoms with E-state index in [0.29, 0.717) is 12.1 Å². The van der Waals surface area contributed by atoms with Crippen LogP contribution in [0.4, 0.5) is 11.4 Å². The van der Waals surface area contributed by atoms with E-state index in [1.165, 1.54) is 37.3 Å². The molecule has 104 valence electrons.